The van der Waals surface area contributed by atoms with Gasteiger partial charge in [0, 0.05) is 16.2 Å². The summed E-state index contributed by atoms with van der Waals surface area (Å²) >= 11 is 0. The van der Waals surface area contributed by atoms with Crippen molar-refractivity contribution in [3.8, 4) is 0 Å². The molecule has 15 atom stereocenters. The van der Waals surface area contributed by atoms with Crippen molar-refractivity contribution in [1.82, 2.24) is 0 Å². The maximum Gasteiger partial charge on any atom is 0.199 e. The fraction of sp³-hybridized carbons (Fsp3) is 0.720. The zero-order chi connectivity index (χ0) is 33.2. The van der Waals surface area contributed by atoms with Crippen molar-refractivity contribution in [3.05, 3.63) is 40.3 Å². The molecule has 2 unspecified atom stereocenters. The molecule has 252 valence electrons. The van der Waals surface area contributed by atoms with Gasteiger partial charge in [0.05, 0.1) is 37.9 Å². The summed E-state index contributed by atoms with van der Waals surface area (Å²) in [6.07, 6.45) is -17.9. The minimum absolute atomic E-state index is 0.111. The van der Waals surface area contributed by atoms with Crippen molar-refractivity contribution in [2.75, 3.05) is 19.8 Å². The van der Waals surface area contributed by atoms with Gasteiger partial charge in [0.1, 0.15) is 48.8 Å². The van der Waals surface area contributed by atoms with Crippen LogP contribution in [0.3, 0.4) is 0 Å². The lowest BCUT2D eigenvalue weighted by Gasteiger charge is -2.50. The van der Waals surface area contributed by atoms with Crippen LogP contribution in [0.2, 0.25) is 0 Å². The second-order valence-corrected chi connectivity index (χ2v) is 10.9. The van der Waals surface area contributed by atoms with E-state index in [1.165, 1.54) is 24.3 Å². The molecule has 14 N–H and O–H groups in total. The molecule has 3 aliphatic heterocycles. The van der Waals surface area contributed by atoms with Crippen LogP contribution in [0, 0.1) is 0 Å². The number of hydrogen-bond acceptors (Lipinski definition) is 18. The smallest absolute Gasteiger partial charge is 0.199 e. The van der Waals surface area contributed by atoms with Crippen LogP contribution in [0.5, 0.6) is 0 Å². The molecule has 0 saturated carbocycles. The van der Waals surface area contributed by atoms with Gasteiger partial charge in [-0.05, 0) is 5.53 Å². The highest BCUT2D eigenvalue weighted by atomic mass is 16.7. The largest absolute Gasteiger partial charge is 0.394 e. The lowest BCUT2D eigenvalue weighted by atomic mass is 9.81. The van der Waals surface area contributed by atoms with E-state index < -0.39 is 117 Å². The summed E-state index contributed by atoms with van der Waals surface area (Å²) in [6, 6.07) is 0.686. The van der Waals surface area contributed by atoms with Crippen molar-refractivity contribution in [2.45, 2.75) is 91.4 Å². The summed E-state index contributed by atoms with van der Waals surface area (Å²) in [6.45, 7) is -2.69. The van der Waals surface area contributed by atoms with Crippen LogP contribution in [0.1, 0.15) is 10.4 Å². The van der Waals surface area contributed by atoms with Crippen LogP contribution in [0.15, 0.2) is 29.4 Å². The molecule has 3 aliphatic rings. The third-order valence-corrected chi connectivity index (χ3v) is 8.15. The molecule has 3 fully saturated rings. The summed E-state index contributed by atoms with van der Waals surface area (Å²) in [5.41, 5.74) is 24.1. The molecule has 3 saturated heterocycles. The molecule has 0 amide bonds. The standard InChI is InChI=1S/C25H38N6O14/c26-12-15(35)18(10(5-32)41-22(12)40)43-23-13(27)16(36)19(11(6-33)42-23)44-24-14(28)17(37)21(39)25(7-34,45-24)20(38)8-1-3-9(4-2-8)30-31-29/h1-4,10-19,21-24,32-37,39-40H,5-7,26-28H2/t10-,11-,12-,13-,14-,15-,16-,17-,18?,19?,21+,22-,23+,24+,25+/m1/s1. The second kappa shape index (κ2) is 14.5. The van der Waals surface area contributed by atoms with Gasteiger partial charge in [-0.15, -0.1) is 0 Å². The third-order valence-electron chi connectivity index (χ3n) is 8.15. The number of azide groups is 1. The lowest BCUT2D eigenvalue weighted by Crippen LogP contribution is -2.73. The number of nitrogens with zero attached hydrogens (tertiary/aromatic N) is 3. The van der Waals surface area contributed by atoms with Gasteiger partial charge in [-0.25, -0.2) is 0 Å². The maximum absolute atomic E-state index is 13.5. The van der Waals surface area contributed by atoms with Crippen LogP contribution in [0.4, 0.5) is 5.69 Å². The van der Waals surface area contributed by atoms with Crippen LogP contribution in [-0.2, 0) is 23.7 Å². The van der Waals surface area contributed by atoms with Crippen LogP contribution >= 0.6 is 0 Å². The SMILES string of the molecule is [N-]=[N+]=Nc1ccc(C(=O)[C@]2(CO)O[C@H](OC3[C@@H](CO)O[C@@H](OC4[C@@H](CO)O[C@@H](O)[C@H](N)[C@H]4O)[C@H](N)[C@H]3O)[C@H](N)[C@@H](O)[C@@H]2O)cc1. The van der Waals surface area contributed by atoms with Crippen molar-refractivity contribution in [3.63, 3.8) is 0 Å². The minimum atomic E-state index is -2.53. The summed E-state index contributed by atoms with van der Waals surface area (Å²) in [4.78, 5) is 16.2. The van der Waals surface area contributed by atoms with E-state index in [0.29, 0.717) is 0 Å². The van der Waals surface area contributed by atoms with E-state index in [2.05, 4.69) is 10.0 Å². The number of carbonyl (C=O) groups excluding carboxylic acids is 1. The molecular weight excluding hydrogens is 608 g/mol. The van der Waals surface area contributed by atoms with Crippen LogP contribution < -0.4 is 17.2 Å². The molecule has 0 aromatic heterocycles. The molecule has 45 heavy (non-hydrogen) atoms. The Morgan fingerprint density at radius 1 is 0.844 bits per heavy atom. The van der Waals surface area contributed by atoms with E-state index in [-0.39, 0.29) is 11.3 Å². The molecule has 3 heterocycles. The van der Waals surface area contributed by atoms with E-state index in [0.717, 1.165) is 0 Å². The van der Waals surface area contributed by atoms with E-state index in [1.807, 2.05) is 0 Å². The Morgan fingerprint density at radius 2 is 1.38 bits per heavy atom. The van der Waals surface area contributed by atoms with Gasteiger partial charge in [-0.1, -0.05) is 29.4 Å². The van der Waals surface area contributed by atoms with Crippen molar-refractivity contribution in [1.29, 1.82) is 0 Å². The van der Waals surface area contributed by atoms with E-state index in [1.54, 1.807) is 0 Å². The summed E-state index contributed by atoms with van der Waals surface area (Å²) in [5, 5.41) is 86.5. The van der Waals surface area contributed by atoms with Crippen molar-refractivity contribution < 1.29 is 69.3 Å². The topological polar surface area (TPSA) is 352 Å². The highest BCUT2D eigenvalue weighted by Crippen LogP contribution is 2.36. The third kappa shape index (κ3) is 6.70. The van der Waals surface area contributed by atoms with Crippen molar-refractivity contribution in [2.24, 2.45) is 22.3 Å². The number of Topliss-reactive ketones (excluding diaryl/α,β-unsaturated/α-hetero) is 1. The van der Waals surface area contributed by atoms with Gasteiger partial charge in [0.25, 0.3) is 0 Å². The fourth-order valence-corrected chi connectivity index (χ4v) is 5.45. The average molecular weight is 647 g/mol. The van der Waals surface area contributed by atoms with Gasteiger partial charge in [-0.2, -0.15) is 0 Å². The number of ether oxygens (including phenoxy) is 5. The molecule has 20 heteroatoms. The molecule has 1 aromatic rings. The molecule has 0 bridgehead atoms. The Morgan fingerprint density at radius 3 is 1.93 bits per heavy atom. The lowest BCUT2D eigenvalue weighted by molar-refractivity contribution is -0.354. The van der Waals surface area contributed by atoms with E-state index >= 15 is 0 Å². The molecule has 0 spiro atoms. The Labute approximate surface area is 255 Å². The second-order valence-electron chi connectivity index (χ2n) is 10.9. The normalized spacial score (nSPS) is 43.8. The number of ketones is 1. The first-order valence-electron chi connectivity index (χ1n) is 13.8. The zero-order valence-electron chi connectivity index (χ0n) is 23.6. The zero-order valence-corrected chi connectivity index (χ0v) is 23.6. The summed E-state index contributed by atoms with van der Waals surface area (Å²) in [5.74, 6) is -0.996. The molecule has 1 aromatic carbocycles. The number of rotatable bonds is 10. The van der Waals surface area contributed by atoms with Gasteiger partial charge in [-0.3, -0.25) is 4.79 Å². The summed E-state index contributed by atoms with van der Waals surface area (Å²) < 4.78 is 28.1. The minimum Gasteiger partial charge on any atom is -0.394 e. The number of nitrogens with two attached hydrogens (primary N) is 3. The fourth-order valence-electron chi connectivity index (χ4n) is 5.45. The quantitative estimate of drug-likeness (QED) is 0.0488. The van der Waals surface area contributed by atoms with Gasteiger partial charge in [0.15, 0.2) is 30.3 Å². The maximum atomic E-state index is 13.5. The Balaban J connectivity index is 1.55. The molecule has 20 nitrogen and oxygen atoms in total. The molecular formula is C25H38N6O14. The Hall–Kier alpha value is -2.44. The molecule has 0 radical (unpaired) electrons. The number of carbonyl (C=O) groups is 1. The number of aliphatic hydroxyl groups excluding tert-OH is 8. The number of hydrogen-bond donors (Lipinski definition) is 11. The van der Waals surface area contributed by atoms with Gasteiger partial charge < -0.3 is 81.7 Å². The predicted molar refractivity (Wildman–Crippen MR) is 146 cm³/mol. The molecule has 0 aliphatic carbocycles. The Bertz CT molecular complexity index is 1210. The van der Waals surface area contributed by atoms with Crippen LogP contribution in [-0.4, -0.2) is 158 Å². The Kier molecular flexibility index (Phi) is 11.4. The number of aliphatic hydroxyl groups is 8. The predicted octanol–water partition coefficient (Wildman–Crippen LogP) is -5.48. The first-order chi connectivity index (χ1) is 21.3. The highest BCUT2D eigenvalue weighted by Gasteiger charge is 2.59. The van der Waals surface area contributed by atoms with E-state index in [9.17, 15) is 45.6 Å². The van der Waals surface area contributed by atoms with Gasteiger partial charge in [0.2, 0.25) is 0 Å². The highest BCUT2D eigenvalue weighted by molar-refractivity contribution is 6.03. The number of benzene rings is 1. The van der Waals surface area contributed by atoms with Crippen LogP contribution in [0.25, 0.3) is 10.4 Å². The van der Waals surface area contributed by atoms with E-state index in [4.69, 9.17) is 46.4 Å². The first kappa shape index (κ1) is 35.4. The van der Waals surface area contributed by atoms with Crippen molar-refractivity contribution >= 4 is 11.5 Å². The first-order valence-corrected chi connectivity index (χ1v) is 13.8. The summed E-state index contributed by atoms with van der Waals surface area (Å²) in [7, 11) is 0. The monoisotopic (exact) mass is 646 g/mol. The average Bonchev–Trinajstić information content (AvgIpc) is 3.04. The molecule has 4 rings (SSSR count). The van der Waals surface area contributed by atoms with Gasteiger partial charge >= 0.3 is 0 Å².